The Morgan fingerprint density at radius 2 is 2.31 bits per heavy atom. The van der Waals surface area contributed by atoms with E-state index >= 15 is 0 Å². The number of aliphatic hydroxyl groups is 1. The van der Waals surface area contributed by atoms with Gasteiger partial charge in [-0.05, 0) is 18.6 Å². The first-order chi connectivity index (χ1) is 6.29. The van der Waals surface area contributed by atoms with Crippen LogP contribution >= 0.6 is 0 Å². The van der Waals surface area contributed by atoms with Crippen molar-refractivity contribution >= 4 is 5.69 Å². The highest BCUT2D eigenvalue weighted by Gasteiger charge is 2.24. The molecule has 70 valence electrons. The number of hydrogen-bond donors (Lipinski definition) is 1. The van der Waals surface area contributed by atoms with Crippen LogP contribution in [0.1, 0.15) is 12.6 Å². The summed E-state index contributed by atoms with van der Waals surface area (Å²) in [6.45, 7) is 3.58. The molecule has 0 unspecified atom stereocenters. The SMILES string of the molecule is CCc1ccc(N2CC(O)C2)cn1. The number of rotatable bonds is 2. The van der Waals surface area contributed by atoms with Gasteiger partial charge in [-0.25, -0.2) is 0 Å². The van der Waals surface area contributed by atoms with Gasteiger partial charge >= 0.3 is 0 Å². The predicted octanol–water partition coefficient (Wildman–Crippen LogP) is 0.825. The quantitative estimate of drug-likeness (QED) is 0.728. The molecule has 2 heterocycles. The fourth-order valence-electron chi connectivity index (χ4n) is 1.48. The smallest absolute Gasteiger partial charge is 0.0889 e. The molecule has 0 spiro atoms. The molecule has 1 fully saturated rings. The fraction of sp³-hybridized carbons (Fsp3) is 0.500. The van der Waals surface area contributed by atoms with E-state index in [1.165, 1.54) is 0 Å². The second-order valence-corrected chi connectivity index (χ2v) is 3.42. The first-order valence-corrected chi connectivity index (χ1v) is 4.67. The van der Waals surface area contributed by atoms with Crippen molar-refractivity contribution in [3.05, 3.63) is 24.0 Å². The number of aromatic nitrogens is 1. The molecule has 1 N–H and O–H groups in total. The lowest BCUT2D eigenvalue weighted by atomic mass is 10.1. The average molecular weight is 178 g/mol. The Kier molecular flexibility index (Phi) is 2.19. The van der Waals surface area contributed by atoms with Crippen LogP contribution in [0.3, 0.4) is 0 Å². The molecular weight excluding hydrogens is 164 g/mol. The van der Waals surface area contributed by atoms with Crippen LogP contribution in [0.2, 0.25) is 0 Å². The van der Waals surface area contributed by atoms with Gasteiger partial charge in [-0.3, -0.25) is 4.98 Å². The molecule has 1 aliphatic rings. The van der Waals surface area contributed by atoms with Crippen LogP contribution in [0.4, 0.5) is 5.69 Å². The summed E-state index contributed by atoms with van der Waals surface area (Å²) in [4.78, 5) is 6.42. The fourth-order valence-corrected chi connectivity index (χ4v) is 1.48. The first kappa shape index (κ1) is 8.51. The molecular formula is C10H14N2O. The minimum atomic E-state index is -0.147. The second-order valence-electron chi connectivity index (χ2n) is 3.42. The summed E-state index contributed by atoms with van der Waals surface area (Å²) in [5.74, 6) is 0. The van der Waals surface area contributed by atoms with E-state index in [-0.39, 0.29) is 6.10 Å². The van der Waals surface area contributed by atoms with Gasteiger partial charge in [0, 0.05) is 18.8 Å². The number of pyridine rings is 1. The van der Waals surface area contributed by atoms with Crippen molar-refractivity contribution in [1.82, 2.24) is 4.98 Å². The van der Waals surface area contributed by atoms with Crippen LogP contribution in [0.15, 0.2) is 18.3 Å². The summed E-state index contributed by atoms with van der Waals surface area (Å²) < 4.78 is 0. The van der Waals surface area contributed by atoms with Crippen molar-refractivity contribution in [3.8, 4) is 0 Å². The summed E-state index contributed by atoms with van der Waals surface area (Å²) in [6, 6.07) is 4.11. The van der Waals surface area contributed by atoms with Crippen LogP contribution < -0.4 is 4.90 Å². The van der Waals surface area contributed by atoms with E-state index in [0.717, 1.165) is 30.9 Å². The summed E-state index contributed by atoms with van der Waals surface area (Å²) in [7, 11) is 0. The Hall–Kier alpha value is -1.09. The molecule has 0 radical (unpaired) electrons. The highest BCUT2D eigenvalue weighted by atomic mass is 16.3. The summed E-state index contributed by atoms with van der Waals surface area (Å²) in [6.07, 6.45) is 2.71. The van der Waals surface area contributed by atoms with Crippen molar-refractivity contribution in [3.63, 3.8) is 0 Å². The number of hydrogen-bond acceptors (Lipinski definition) is 3. The Morgan fingerprint density at radius 1 is 1.54 bits per heavy atom. The molecule has 0 atom stereocenters. The molecule has 0 aliphatic carbocycles. The topological polar surface area (TPSA) is 36.4 Å². The maximum atomic E-state index is 9.12. The Labute approximate surface area is 78.0 Å². The summed E-state index contributed by atoms with van der Waals surface area (Å²) in [5.41, 5.74) is 2.23. The van der Waals surface area contributed by atoms with Crippen LogP contribution in [0.5, 0.6) is 0 Å². The van der Waals surface area contributed by atoms with E-state index in [9.17, 15) is 0 Å². The molecule has 1 aliphatic heterocycles. The molecule has 13 heavy (non-hydrogen) atoms. The van der Waals surface area contributed by atoms with Crippen molar-refractivity contribution in [2.24, 2.45) is 0 Å². The second kappa shape index (κ2) is 3.34. The summed E-state index contributed by atoms with van der Waals surface area (Å²) >= 11 is 0. The predicted molar refractivity (Wildman–Crippen MR) is 51.8 cm³/mol. The highest BCUT2D eigenvalue weighted by molar-refractivity contribution is 5.47. The lowest BCUT2D eigenvalue weighted by molar-refractivity contribution is 0.142. The average Bonchev–Trinajstić information content (AvgIpc) is 2.13. The molecule has 0 aromatic carbocycles. The van der Waals surface area contributed by atoms with E-state index in [1.54, 1.807) is 0 Å². The molecule has 0 saturated carbocycles. The highest BCUT2D eigenvalue weighted by Crippen LogP contribution is 2.19. The molecule has 0 bridgehead atoms. The Balaban J connectivity index is 2.06. The van der Waals surface area contributed by atoms with Crippen molar-refractivity contribution in [1.29, 1.82) is 0 Å². The van der Waals surface area contributed by atoms with Crippen LogP contribution in [-0.2, 0) is 6.42 Å². The third-order valence-corrected chi connectivity index (χ3v) is 2.40. The van der Waals surface area contributed by atoms with Gasteiger partial charge in [0.05, 0.1) is 18.0 Å². The van der Waals surface area contributed by atoms with Crippen LogP contribution in [-0.4, -0.2) is 29.3 Å². The largest absolute Gasteiger partial charge is 0.389 e. The Morgan fingerprint density at radius 3 is 2.77 bits per heavy atom. The monoisotopic (exact) mass is 178 g/mol. The lowest BCUT2D eigenvalue weighted by Crippen LogP contribution is -2.50. The van der Waals surface area contributed by atoms with Gasteiger partial charge in [0.25, 0.3) is 0 Å². The maximum absolute atomic E-state index is 9.12. The van der Waals surface area contributed by atoms with E-state index < -0.39 is 0 Å². The van der Waals surface area contributed by atoms with Crippen LogP contribution in [0.25, 0.3) is 0 Å². The van der Waals surface area contributed by atoms with E-state index in [0.29, 0.717) is 0 Å². The molecule has 0 amide bonds. The lowest BCUT2D eigenvalue weighted by Gasteiger charge is -2.37. The van der Waals surface area contributed by atoms with E-state index in [4.69, 9.17) is 5.11 Å². The zero-order valence-corrected chi connectivity index (χ0v) is 7.77. The van der Waals surface area contributed by atoms with Crippen molar-refractivity contribution < 1.29 is 5.11 Å². The third kappa shape index (κ3) is 1.65. The third-order valence-electron chi connectivity index (χ3n) is 2.40. The maximum Gasteiger partial charge on any atom is 0.0889 e. The molecule has 3 nitrogen and oxygen atoms in total. The van der Waals surface area contributed by atoms with Crippen LogP contribution in [0, 0.1) is 0 Å². The molecule has 1 aromatic heterocycles. The minimum Gasteiger partial charge on any atom is -0.389 e. The van der Waals surface area contributed by atoms with Gasteiger partial charge in [0.1, 0.15) is 0 Å². The number of β-amino-alcohol motifs (C(OH)–C–C–N with tert-alkyl or cyclic N) is 1. The summed E-state index contributed by atoms with van der Waals surface area (Å²) in [5, 5.41) is 9.12. The molecule has 3 heteroatoms. The Bertz CT molecular complexity index is 277. The number of anilines is 1. The van der Waals surface area contributed by atoms with Crippen molar-refractivity contribution in [2.75, 3.05) is 18.0 Å². The molecule has 2 rings (SSSR count). The normalized spacial score (nSPS) is 17.2. The van der Waals surface area contributed by atoms with Crippen molar-refractivity contribution in [2.45, 2.75) is 19.4 Å². The zero-order valence-electron chi connectivity index (χ0n) is 7.77. The standard InChI is InChI=1S/C10H14N2O/c1-2-8-3-4-9(5-11-8)12-6-10(13)7-12/h3-5,10,13H,2,6-7H2,1H3. The minimum absolute atomic E-state index is 0.147. The van der Waals surface area contributed by atoms with Gasteiger partial charge < -0.3 is 10.0 Å². The molecule has 1 aromatic rings. The molecule has 1 saturated heterocycles. The van der Waals surface area contributed by atoms with Gasteiger partial charge in [-0.2, -0.15) is 0 Å². The van der Waals surface area contributed by atoms with Gasteiger partial charge in [0.2, 0.25) is 0 Å². The number of aliphatic hydroxyl groups excluding tert-OH is 1. The van der Waals surface area contributed by atoms with E-state index in [2.05, 4.69) is 22.9 Å². The number of nitrogens with zero attached hydrogens (tertiary/aromatic N) is 2. The van der Waals surface area contributed by atoms with E-state index in [1.807, 2.05) is 12.3 Å². The van der Waals surface area contributed by atoms with Gasteiger partial charge in [-0.1, -0.05) is 6.92 Å². The zero-order chi connectivity index (χ0) is 9.26. The number of aryl methyl sites for hydroxylation is 1. The van der Waals surface area contributed by atoms with Gasteiger partial charge in [-0.15, -0.1) is 0 Å². The first-order valence-electron chi connectivity index (χ1n) is 4.67. The van der Waals surface area contributed by atoms with Gasteiger partial charge in [0.15, 0.2) is 0 Å².